The smallest absolute Gasteiger partial charge is 0.131 e. The number of hydrogen-bond donors (Lipinski definition) is 0. The molecule has 1 aromatic carbocycles. The standard InChI is InChI=1S/C11H7FIN/c12-11-2-1-9(13)7-10(11)8-3-5-14-6-4-8/h1-7H. The molecule has 14 heavy (non-hydrogen) atoms. The second kappa shape index (κ2) is 4.04. The molecule has 1 aromatic heterocycles. The van der Waals surface area contributed by atoms with E-state index in [1.54, 1.807) is 30.6 Å². The highest BCUT2D eigenvalue weighted by atomic mass is 127. The molecule has 2 aromatic rings. The first-order valence-electron chi connectivity index (χ1n) is 4.13. The Hall–Kier alpha value is -0.970. The van der Waals surface area contributed by atoms with Gasteiger partial charge in [0.15, 0.2) is 0 Å². The zero-order valence-corrected chi connectivity index (χ0v) is 9.40. The van der Waals surface area contributed by atoms with Gasteiger partial charge in [-0.15, -0.1) is 0 Å². The van der Waals surface area contributed by atoms with E-state index in [2.05, 4.69) is 27.6 Å². The Morgan fingerprint density at radius 2 is 1.79 bits per heavy atom. The predicted octanol–water partition coefficient (Wildman–Crippen LogP) is 3.49. The molecule has 0 unspecified atom stereocenters. The van der Waals surface area contributed by atoms with E-state index in [4.69, 9.17) is 0 Å². The van der Waals surface area contributed by atoms with E-state index < -0.39 is 0 Å². The van der Waals surface area contributed by atoms with Gasteiger partial charge in [0.2, 0.25) is 0 Å². The van der Waals surface area contributed by atoms with Gasteiger partial charge in [0.25, 0.3) is 0 Å². The van der Waals surface area contributed by atoms with Gasteiger partial charge in [0.05, 0.1) is 0 Å². The first kappa shape index (κ1) is 9.58. The molecule has 0 saturated heterocycles. The Balaban J connectivity index is 2.57. The van der Waals surface area contributed by atoms with E-state index in [9.17, 15) is 4.39 Å². The fraction of sp³-hybridized carbons (Fsp3) is 0. The van der Waals surface area contributed by atoms with Crippen LogP contribution in [0.25, 0.3) is 11.1 Å². The molecular weight excluding hydrogens is 292 g/mol. The number of aromatic nitrogens is 1. The highest BCUT2D eigenvalue weighted by Crippen LogP contribution is 2.23. The van der Waals surface area contributed by atoms with E-state index in [1.807, 2.05) is 6.07 Å². The van der Waals surface area contributed by atoms with Crippen molar-refractivity contribution in [2.24, 2.45) is 0 Å². The van der Waals surface area contributed by atoms with Crippen LogP contribution in [0.4, 0.5) is 4.39 Å². The fourth-order valence-electron chi connectivity index (χ4n) is 1.25. The Kier molecular flexibility index (Phi) is 2.77. The summed E-state index contributed by atoms with van der Waals surface area (Å²) in [6, 6.07) is 8.66. The van der Waals surface area contributed by atoms with E-state index in [0.717, 1.165) is 9.13 Å². The van der Waals surface area contributed by atoms with Crippen molar-refractivity contribution in [3.8, 4) is 11.1 Å². The molecule has 0 aliphatic rings. The van der Waals surface area contributed by atoms with E-state index in [0.29, 0.717) is 5.56 Å². The molecule has 0 bridgehead atoms. The molecule has 3 heteroatoms. The Morgan fingerprint density at radius 3 is 2.50 bits per heavy atom. The summed E-state index contributed by atoms with van der Waals surface area (Å²) in [5.74, 6) is -0.198. The molecule has 0 amide bonds. The Bertz CT molecular complexity index is 442. The average molecular weight is 299 g/mol. The molecular formula is C11H7FIN. The third kappa shape index (κ3) is 1.92. The highest BCUT2D eigenvalue weighted by molar-refractivity contribution is 14.1. The van der Waals surface area contributed by atoms with Crippen molar-refractivity contribution in [3.05, 3.63) is 52.1 Å². The lowest BCUT2D eigenvalue weighted by Crippen LogP contribution is -1.85. The molecule has 1 nitrogen and oxygen atoms in total. The van der Waals surface area contributed by atoms with Crippen molar-refractivity contribution < 1.29 is 4.39 Å². The van der Waals surface area contributed by atoms with Gasteiger partial charge in [-0.05, 0) is 58.5 Å². The fourth-order valence-corrected chi connectivity index (χ4v) is 1.74. The summed E-state index contributed by atoms with van der Waals surface area (Å²) in [4.78, 5) is 3.90. The SMILES string of the molecule is Fc1ccc(I)cc1-c1ccncc1. The van der Waals surface area contributed by atoms with Crippen molar-refractivity contribution in [2.75, 3.05) is 0 Å². The van der Waals surface area contributed by atoms with Gasteiger partial charge in [0, 0.05) is 21.5 Å². The van der Waals surface area contributed by atoms with Crippen molar-refractivity contribution in [1.29, 1.82) is 0 Å². The van der Waals surface area contributed by atoms with Crippen molar-refractivity contribution in [2.45, 2.75) is 0 Å². The molecule has 1 heterocycles. The van der Waals surface area contributed by atoms with Gasteiger partial charge in [-0.3, -0.25) is 4.98 Å². The first-order valence-corrected chi connectivity index (χ1v) is 5.21. The van der Waals surface area contributed by atoms with Crippen LogP contribution in [-0.4, -0.2) is 4.98 Å². The third-order valence-electron chi connectivity index (χ3n) is 1.92. The molecule has 0 spiro atoms. The largest absolute Gasteiger partial charge is 0.265 e. The lowest BCUT2D eigenvalue weighted by atomic mass is 10.1. The molecule has 0 atom stereocenters. The van der Waals surface area contributed by atoms with Gasteiger partial charge in [-0.25, -0.2) is 4.39 Å². The maximum Gasteiger partial charge on any atom is 0.131 e. The minimum atomic E-state index is -0.198. The number of pyridine rings is 1. The first-order chi connectivity index (χ1) is 6.77. The number of rotatable bonds is 1. The lowest BCUT2D eigenvalue weighted by Gasteiger charge is -2.03. The zero-order chi connectivity index (χ0) is 9.97. The Morgan fingerprint density at radius 1 is 1.07 bits per heavy atom. The van der Waals surface area contributed by atoms with Crippen LogP contribution < -0.4 is 0 Å². The van der Waals surface area contributed by atoms with Crippen LogP contribution in [0.3, 0.4) is 0 Å². The predicted molar refractivity (Wildman–Crippen MR) is 62.3 cm³/mol. The quantitative estimate of drug-likeness (QED) is 0.735. The molecule has 0 aliphatic carbocycles. The summed E-state index contributed by atoms with van der Waals surface area (Å²) >= 11 is 2.17. The normalized spacial score (nSPS) is 10.1. The average Bonchev–Trinajstić information content (AvgIpc) is 2.23. The number of benzene rings is 1. The van der Waals surface area contributed by atoms with Crippen molar-refractivity contribution >= 4 is 22.6 Å². The number of nitrogens with zero attached hydrogens (tertiary/aromatic N) is 1. The summed E-state index contributed by atoms with van der Waals surface area (Å²) < 4.78 is 14.5. The van der Waals surface area contributed by atoms with Crippen LogP contribution in [0.15, 0.2) is 42.7 Å². The van der Waals surface area contributed by atoms with Crippen LogP contribution in [0.2, 0.25) is 0 Å². The van der Waals surface area contributed by atoms with Gasteiger partial charge >= 0.3 is 0 Å². The summed E-state index contributed by atoms with van der Waals surface area (Å²) in [5, 5.41) is 0. The van der Waals surface area contributed by atoms with Crippen molar-refractivity contribution in [1.82, 2.24) is 4.98 Å². The van der Waals surface area contributed by atoms with Crippen LogP contribution in [0.1, 0.15) is 0 Å². The van der Waals surface area contributed by atoms with Crippen LogP contribution in [0.5, 0.6) is 0 Å². The molecule has 0 radical (unpaired) electrons. The third-order valence-corrected chi connectivity index (χ3v) is 2.59. The molecule has 0 N–H and O–H groups in total. The molecule has 2 rings (SSSR count). The summed E-state index contributed by atoms with van der Waals surface area (Å²) in [6.45, 7) is 0. The van der Waals surface area contributed by atoms with Crippen LogP contribution in [0, 0.1) is 9.39 Å². The van der Waals surface area contributed by atoms with Gasteiger partial charge in [-0.1, -0.05) is 0 Å². The monoisotopic (exact) mass is 299 g/mol. The van der Waals surface area contributed by atoms with E-state index in [1.165, 1.54) is 6.07 Å². The van der Waals surface area contributed by atoms with E-state index in [-0.39, 0.29) is 5.82 Å². The minimum Gasteiger partial charge on any atom is -0.265 e. The second-order valence-electron chi connectivity index (χ2n) is 2.86. The van der Waals surface area contributed by atoms with Gasteiger partial charge in [-0.2, -0.15) is 0 Å². The highest BCUT2D eigenvalue weighted by Gasteiger charge is 2.04. The summed E-state index contributed by atoms with van der Waals surface area (Å²) in [6.07, 6.45) is 3.32. The lowest BCUT2D eigenvalue weighted by molar-refractivity contribution is 0.631. The number of hydrogen-bond acceptors (Lipinski definition) is 1. The van der Waals surface area contributed by atoms with Gasteiger partial charge < -0.3 is 0 Å². The molecule has 70 valence electrons. The summed E-state index contributed by atoms with van der Waals surface area (Å²) in [7, 11) is 0. The Labute approximate surface area is 95.1 Å². The second-order valence-corrected chi connectivity index (χ2v) is 4.11. The minimum absolute atomic E-state index is 0.198. The number of halogens is 2. The maximum absolute atomic E-state index is 13.4. The molecule has 0 aliphatic heterocycles. The maximum atomic E-state index is 13.4. The van der Waals surface area contributed by atoms with Crippen LogP contribution in [-0.2, 0) is 0 Å². The topological polar surface area (TPSA) is 12.9 Å². The van der Waals surface area contributed by atoms with Crippen molar-refractivity contribution in [3.63, 3.8) is 0 Å². The zero-order valence-electron chi connectivity index (χ0n) is 7.24. The summed E-state index contributed by atoms with van der Waals surface area (Å²) in [5.41, 5.74) is 1.48. The molecule has 0 fully saturated rings. The van der Waals surface area contributed by atoms with Crippen LogP contribution >= 0.6 is 22.6 Å². The molecule has 0 saturated carbocycles. The van der Waals surface area contributed by atoms with E-state index >= 15 is 0 Å². The van der Waals surface area contributed by atoms with Gasteiger partial charge in [0.1, 0.15) is 5.82 Å².